The van der Waals surface area contributed by atoms with E-state index in [0.717, 1.165) is 31.4 Å². The first-order valence-corrected chi connectivity index (χ1v) is 5.84. The molecule has 3 heteroatoms. The first-order valence-electron chi connectivity index (χ1n) is 5.84. The maximum atomic E-state index is 9.37. The Morgan fingerprint density at radius 2 is 1.69 bits per heavy atom. The van der Waals surface area contributed by atoms with Gasteiger partial charge in [0.25, 0.3) is 0 Å². The van der Waals surface area contributed by atoms with Gasteiger partial charge in [0.1, 0.15) is 11.5 Å². The highest BCUT2D eigenvalue weighted by atomic mass is 16.5. The van der Waals surface area contributed by atoms with Gasteiger partial charge in [-0.2, -0.15) is 0 Å². The number of ether oxygens (including phenoxy) is 1. The van der Waals surface area contributed by atoms with E-state index >= 15 is 0 Å². The zero-order valence-corrected chi connectivity index (χ0v) is 9.30. The number of aromatic hydroxyl groups is 1. The Balaban J connectivity index is 1.77. The molecule has 2 rings (SSSR count). The van der Waals surface area contributed by atoms with Crippen molar-refractivity contribution in [1.29, 1.82) is 0 Å². The molecule has 1 aliphatic rings. The van der Waals surface area contributed by atoms with Gasteiger partial charge in [0.05, 0.1) is 12.7 Å². The molecule has 1 aromatic carbocycles. The summed E-state index contributed by atoms with van der Waals surface area (Å²) in [6, 6.07) is 6.79. The fourth-order valence-corrected chi connectivity index (χ4v) is 2.07. The lowest BCUT2D eigenvalue weighted by molar-refractivity contribution is 0.0917. The van der Waals surface area contributed by atoms with Crippen molar-refractivity contribution in [3.05, 3.63) is 24.3 Å². The minimum atomic E-state index is -0.107. The normalized spacial score (nSPS) is 25.3. The number of aliphatic hydroxyl groups excluding tert-OH is 1. The summed E-state index contributed by atoms with van der Waals surface area (Å²) in [5.41, 5.74) is 0. The van der Waals surface area contributed by atoms with Crippen molar-refractivity contribution >= 4 is 0 Å². The van der Waals surface area contributed by atoms with Crippen LogP contribution in [0.15, 0.2) is 24.3 Å². The zero-order chi connectivity index (χ0) is 11.4. The van der Waals surface area contributed by atoms with E-state index in [2.05, 4.69) is 0 Å². The molecule has 0 bridgehead atoms. The highest BCUT2D eigenvalue weighted by Crippen LogP contribution is 2.25. The van der Waals surface area contributed by atoms with E-state index in [0.29, 0.717) is 12.5 Å². The highest BCUT2D eigenvalue weighted by molar-refractivity contribution is 5.30. The Morgan fingerprint density at radius 1 is 1.06 bits per heavy atom. The third-order valence-electron chi connectivity index (χ3n) is 3.14. The van der Waals surface area contributed by atoms with Gasteiger partial charge < -0.3 is 14.9 Å². The predicted octanol–water partition coefficient (Wildman–Crippen LogP) is 2.32. The lowest BCUT2D eigenvalue weighted by atomic mass is 9.88. The third kappa shape index (κ3) is 3.14. The van der Waals surface area contributed by atoms with Crippen molar-refractivity contribution in [3.63, 3.8) is 0 Å². The maximum Gasteiger partial charge on any atom is 0.119 e. The second kappa shape index (κ2) is 5.21. The average molecular weight is 222 g/mol. The number of hydrogen-bond donors (Lipinski definition) is 2. The molecule has 0 atom stereocenters. The second-order valence-corrected chi connectivity index (χ2v) is 4.48. The molecule has 0 spiro atoms. The van der Waals surface area contributed by atoms with Gasteiger partial charge in [-0.25, -0.2) is 0 Å². The number of benzene rings is 1. The van der Waals surface area contributed by atoms with Gasteiger partial charge in [-0.05, 0) is 55.9 Å². The molecular formula is C13H18O3. The first-order chi connectivity index (χ1) is 7.74. The average Bonchev–Trinajstić information content (AvgIpc) is 2.30. The van der Waals surface area contributed by atoms with Crippen LogP contribution in [0.1, 0.15) is 25.7 Å². The Hall–Kier alpha value is -1.22. The lowest BCUT2D eigenvalue weighted by Crippen LogP contribution is -2.22. The van der Waals surface area contributed by atoms with Gasteiger partial charge in [-0.3, -0.25) is 0 Å². The fraction of sp³-hybridized carbons (Fsp3) is 0.538. The molecule has 0 radical (unpaired) electrons. The van der Waals surface area contributed by atoms with Crippen LogP contribution < -0.4 is 4.74 Å². The molecule has 1 saturated carbocycles. The molecule has 0 amide bonds. The van der Waals surface area contributed by atoms with E-state index in [1.54, 1.807) is 24.3 Å². The zero-order valence-electron chi connectivity index (χ0n) is 9.30. The van der Waals surface area contributed by atoms with E-state index in [9.17, 15) is 5.11 Å². The van der Waals surface area contributed by atoms with Crippen molar-refractivity contribution in [2.45, 2.75) is 31.8 Å². The van der Waals surface area contributed by atoms with Crippen molar-refractivity contribution < 1.29 is 14.9 Å². The summed E-state index contributed by atoms with van der Waals surface area (Å²) in [7, 11) is 0. The van der Waals surface area contributed by atoms with Crippen LogP contribution in [0.4, 0.5) is 0 Å². The summed E-state index contributed by atoms with van der Waals surface area (Å²) < 4.78 is 5.64. The monoisotopic (exact) mass is 222 g/mol. The molecule has 88 valence electrons. The Bertz CT molecular complexity index is 312. The Morgan fingerprint density at radius 3 is 2.31 bits per heavy atom. The standard InChI is InChI=1S/C13H18O3/c14-11-3-1-10(2-4-11)9-16-13-7-5-12(15)6-8-13/h5-8,10-11,14-15H,1-4,9H2. The van der Waals surface area contributed by atoms with Crippen LogP contribution in [0.2, 0.25) is 0 Å². The summed E-state index contributed by atoms with van der Waals surface area (Å²) in [6.45, 7) is 0.706. The van der Waals surface area contributed by atoms with Gasteiger partial charge in [-0.1, -0.05) is 0 Å². The number of hydrogen-bond acceptors (Lipinski definition) is 3. The van der Waals surface area contributed by atoms with Crippen LogP contribution in [0.5, 0.6) is 11.5 Å². The molecule has 1 fully saturated rings. The van der Waals surface area contributed by atoms with Gasteiger partial charge in [-0.15, -0.1) is 0 Å². The van der Waals surface area contributed by atoms with Crippen LogP contribution in [0, 0.1) is 5.92 Å². The van der Waals surface area contributed by atoms with E-state index in [4.69, 9.17) is 9.84 Å². The van der Waals surface area contributed by atoms with Crippen molar-refractivity contribution in [3.8, 4) is 11.5 Å². The molecule has 2 N–H and O–H groups in total. The largest absolute Gasteiger partial charge is 0.508 e. The minimum absolute atomic E-state index is 0.107. The number of phenolic OH excluding ortho intramolecular Hbond substituents is 1. The molecule has 16 heavy (non-hydrogen) atoms. The minimum Gasteiger partial charge on any atom is -0.508 e. The molecule has 0 aliphatic heterocycles. The molecule has 1 aliphatic carbocycles. The van der Waals surface area contributed by atoms with Crippen LogP contribution in [-0.4, -0.2) is 22.9 Å². The van der Waals surface area contributed by atoms with Crippen molar-refractivity contribution in [2.75, 3.05) is 6.61 Å². The van der Waals surface area contributed by atoms with Crippen molar-refractivity contribution in [2.24, 2.45) is 5.92 Å². The quantitative estimate of drug-likeness (QED) is 0.825. The van der Waals surface area contributed by atoms with Gasteiger partial charge >= 0.3 is 0 Å². The SMILES string of the molecule is Oc1ccc(OCC2CCC(O)CC2)cc1. The summed E-state index contributed by atoms with van der Waals surface area (Å²) in [5.74, 6) is 1.61. The van der Waals surface area contributed by atoms with E-state index < -0.39 is 0 Å². The molecule has 0 aromatic heterocycles. The summed E-state index contributed by atoms with van der Waals surface area (Å²) in [6.07, 6.45) is 3.76. The summed E-state index contributed by atoms with van der Waals surface area (Å²) in [5, 5.41) is 18.5. The molecule has 1 aromatic rings. The Labute approximate surface area is 95.7 Å². The third-order valence-corrected chi connectivity index (χ3v) is 3.14. The molecule has 0 heterocycles. The molecule has 3 nitrogen and oxygen atoms in total. The van der Waals surface area contributed by atoms with Gasteiger partial charge in [0.2, 0.25) is 0 Å². The summed E-state index contributed by atoms with van der Waals surface area (Å²) in [4.78, 5) is 0. The van der Waals surface area contributed by atoms with Crippen LogP contribution in [0.3, 0.4) is 0 Å². The smallest absolute Gasteiger partial charge is 0.119 e. The number of rotatable bonds is 3. The predicted molar refractivity (Wildman–Crippen MR) is 61.6 cm³/mol. The fourth-order valence-electron chi connectivity index (χ4n) is 2.07. The topological polar surface area (TPSA) is 49.7 Å². The van der Waals surface area contributed by atoms with Gasteiger partial charge in [0, 0.05) is 0 Å². The van der Waals surface area contributed by atoms with Gasteiger partial charge in [0.15, 0.2) is 0 Å². The molecular weight excluding hydrogens is 204 g/mol. The molecule has 0 unspecified atom stereocenters. The van der Waals surface area contributed by atoms with Crippen molar-refractivity contribution in [1.82, 2.24) is 0 Å². The maximum absolute atomic E-state index is 9.37. The van der Waals surface area contributed by atoms with E-state index in [1.807, 2.05) is 0 Å². The molecule has 0 saturated heterocycles. The first kappa shape index (κ1) is 11.3. The van der Waals surface area contributed by atoms with E-state index in [-0.39, 0.29) is 11.9 Å². The second-order valence-electron chi connectivity index (χ2n) is 4.48. The van der Waals surface area contributed by atoms with E-state index in [1.165, 1.54) is 0 Å². The number of aliphatic hydroxyl groups is 1. The van der Waals surface area contributed by atoms with Crippen LogP contribution >= 0.6 is 0 Å². The van der Waals surface area contributed by atoms with Crippen LogP contribution in [0.25, 0.3) is 0 Å². The number of phenols is 1. The lowest BCUT2D eigenvalue weighted by Gasteiger charge is -2.25. The highest BCUT2D eigenvalue weighted by Gasteiger charge is 2.19. The van der Waals surface area contributed by atoms with Crippen LogP contribution in [-0.2, 0) is 0 Å². The summed E-state index contributed by atoms with van der Waals surface area (Å²) >= 11 is 0. The Kier molecular flexibility index (Phi) is 3.67.